The lowest BCUT2D eigenvalue weighted by Gasteiger charge is -2.41. The second-order valence-electron chi connectivity index (χ2n) is 8.40. The average molecular weight is 480 g/mol. The minimum atomic E-state index is -1.20. The maximum Gasteiger partial charge on any atom is 0.278 e. The Morgan fingerprint density at radius 3 is 2.47 bits per heavy atom. The number of hydrogen-bond donors (Lipinski definition) is 2. The molecule has 2 aliphatic rings. The first kappa shape index (κ1) is 23.6. The number of halogens is 3. The fourth-order valence-electron chi connectivity index (χ4n) is 4.40. The molecule has 2 N–H and O–H groups in total. The molecule has 182 valence electrons. The number of ether oxygens (including phenoxy) is 1. The first-order valence-corrected chi connectivity index (χ1v) is 10.6. The number of nitrogens with one attached hydrogen (secondary N) is 1. The molecule has 4 rings (SSSR count). The molecule has 2 aromatic rings. The standard InChI is InChI=1S/C22H23F3N4O5/c1-10-4-17(34-3)11(2)27-9-29(10)28-8-14(19(30)20(31)18(28)22(27)33)21(32)26-7-13-15(24)5-12(23)6-16(13)25/h5-6,8,10-11,17,31H,4,7,9H2,1-3H3,(H,26,32)/t10-,11+,17-/m1/s1. The van der Waals surface area contributed by atoms with Crippen LogP contribution in [0.2, 0.25) is 0 Å². The second kappa shape index (κ2) is 8.67. The predicted molar refractivity (Wildman–Crippen MR) is 113 cm³/mol. The van der Waals surface area contributed by atoms with Crippen LogP contribution in [0.4, 0.5) is 13.2 Å². The number of rotatable bonds is 4. The molecule has 9 nitrogen and oxygen atoms in total. The molecule has 1 aromatic heterocycles. The molecule has 0 radical (unpaired) electrons. The van der Waals surface area contributed by atoms with E-state index in [1.807, 2.05) is 13.8 Å². The van der Waals surface area contributed by atoms with Crippen LogP contribution in [0.25, 0.3) is 0 Å². The fourth-order valence-corrected chi connectivity index (χ4v) is 4.40. The lowest BCUT2D eigenvalue weighted by Crippen LogP contribution is -2.57. The van der Waals surface area contributed by atoms with Crippen molar-refractivity contribution in [1.29, 1.82) is 0 Å². The Bertz CT molecular complexity index is 1210. The van der Waals surface area contributed by atoms with Crippen LogP contribution in [0.1, 0.15) is 46.7 Å². The lowest BCUT2D eigenvalue weighted by atomic mass is 10.0. The Morgan fingerprint density at radius 1 is 1.21 bits per heavy atom. The summed E-state index contributed by atoms with van der Waals surface area (Å²) in [6, 6.07) is 0.397. The van der Waals surface area contributed by atoms with E-state index in [1.165, 1.54) is 16.7 Å². The maximum absolute atomic E-state index is 13.9. The summed E-state index contributed by atoms with van der Waals surface area (Å²) < 4.78 is 47.7. The van der Waals surface area contributed by atoms with Crippen molar-refractivity contribution in [2.45, 2.75) is 45.0 Å². The molecule has 1 aromatic carbocycles. The molecular formula is C22H23F3N4O5. The third kappa shape index (κ3) is 3.77. The zero-order valence-electron chi connectivity index (χ0n) is 18.6. The highest BCUT2D eigenvalue weighted by atomic mass is 19.1. The molecule has 0 unspecified atom stereocenters. The van der Waals surface area contributed by atoms with Crippen molar-refractivity contribution >= 4 is 11.8 Å². The average Bonchev–Trinajstić information content (AvgIpc) is 2.88. The highest BCUT2D eigenvalue weighted by Crippen LogP contribution is 2.30. The molecule has 1 fully saturated rings. The van der Waals surface area contributed by atoms with Crippen LogP contribution in [-0.2, 0) is 11.3 Å². The number of aromatic nitrogens is 1. The van der Waals surface area contributed by atoms with Crippen LogP contribution in [0.3, 0.4) is 0 Å². The molecule has 3 heterocycles. The summed E-state index contributed by atoms with van der Waals surface area (Å²) >= 11 is 0. The van der Waals surface area contributed by atoms with Gasteiger partial charge in [-0.3, -0.25) is 24.1 Å². The summed E-state index contributed by atoms with van der Waals surface area (Å²) in [4.78, 5) is 40.1. The zero-order chi connectivity index (χ0) is 24.9. The van der Waals surface area contributed by atoms with Gasteiger partial charge in [-0.2, -0.15) is 0 Å². The summed E-state index contributed by atoms with van der Waals surface area (Å²) in [5, 5.41) is 14.5. The number of nitrogens with zero attached hydrogens (tertiary/aromatic N) is 3. The molecule has 0 aliphatic carbocycles. The first-order valence-electron chi connectivity index (χ1n) is 10.6. The normalized spacial score (nSPS) is 21.8. The molecular weight excluding hydrogens is 457 g/mol. The van der Waals surface area contributed by atoms with Gasteiger partial charge in [-0.1, -0.05) is 0 Å². The van der Waals surface area contributed by atoms with Crippen molar-refractivity contribution in [2.24, 2.45) is 0 Å². The van der Waals surface area contributed by atoms with Crippen molar-refractivity contribution in [3.05, 3.63) is 62.8 Å². The van der Waals surface area contributed by atoms with E-state index in [-0.39, 0.29) is 30.6 Å². The van der Waals surface area contributed by atoms with Crippen molar-refractivity contribution in [3.63, 3.8) is 0 Å². The Morgan fingerprint density at radius 2 is 1.85 bits per heavy atom. The smallest absolute Gasteiger partial charge is 0.278 e. The van der Waals surface area contributed by atoms with E-state index in [1.54, 1.807) is 5.01 Å². The molecule has 12 heteroatoms. The van der Waals surface area contributed by atoms with Gasteiger partial charge >= 0.3 is 0 Å². The maximum atomic E-state index is 13.9. The second-order valence-corrected chi connectivity index (χ2v) is 8.40. The number of pyridine rings is 1. The van der Waals surface area contributed by atoms with Crippen molar-refractivity contribution in [1.82, 2.24) is 14.9 Å². The van der Waals surface area contributed by atoms with E-state index in [9.17, 15) is 32.7 Å². The number of amides is 2. The van der Waals surface area contributed by atoms with Gasteiger partial charge < -0.3 is 20.1 Å². The topological polar surface area (TPSA) is 104 Å². The van der Waals surface area contributed by atoms with Crippen LogP contribution < -0.4 is 15.8 Å². The number of benzene rings is 1. The Hall–Kier alpha value is -3.54. The first-order chi connectivity index (χ1) is 16.0. The highest BCUT2D eigenvalue weighted by molar-refractivity contribution is 5.99. The predicted octanol–water partition coefficient (Wildman–Crippen LogP) is 1.45. The summed E-state index contributed by atoms with van der Waals surface area (Å²) in [6.45, 7) is 3.14. The number of carbonyl (C=O) groups is 2. The van der Waals surface area contributed by atoms with Gasteiger partial charge in [0, 0.05) is 43.6 Å². The largest absolute Gasteiger partial charge is 0.502 e. The van der Waals surface area contributed by atoms with E-state index >= 15 is 0 Å². The SMILES string of the molecule is CO[C@@H]1C[C@@H](C)N2CN(C(=O)c3c(O)c(=O)c(C(=O)NCc4c(F)cc(F)cc4F)cn32)[C@H]1C. The molecule has 34 heavy (non-hydrogen) atoms. The van der Waals surface area contributed by atoms with E-state index in [0.717, 1.165) is 6.20 Å². The van der Waals surface area contributed by atoms with E-state index < -0.39 is 58.1 Å². The Kier molecular flexibility index (Phi) is 6.02. The van der Waals surface area contributed by atoms with Crippen molar-refractivity contribution in [3.8, 4) is 5.75 Å². The van der Waals surface area contributed by atoms with Crippen LogP contribution in [0.15, 0.2) is 23.1 Å². The summed E-state index contributed by atoms with van der Waals surface area (Å²) in [7, 11) is 1.53. The summed E-state index contributed by atoms with van der Waals surface area (Å²) in [5.74, 6) is -6.06. The molecule has 1 saturated heterocycles. The number of methoxy groups -OCH3 is 1. The van der Waals surface area contributed by atoms with E-state index in [4.69, 9.17) is 4.74 Å². The van der Waals surface area contributed by atoms with Gasteiger partial charge in [-0.25, -0.2) is 13.2 Å². The number of hydrogen-bond acceptors (Lipinski definition) is 6. The van der Waals surface area contributed by atoms with E-state index in [0.29, 0.717) is 18.6 Å². The van der Waals surface area contributed by atoms with Crippen molar-refractivity contribution in [2.75, 3.05) is 18.8 Å². The highest BCUT2D eigenvalue weighted by Gasteiger charge is 2.43. The zero-order valence-corrected chi connectivity index (χ0v) is 18.6. The third-order valence-electron chi connectivity index (χ3n) is 6.39. The van der Waals surface area contributed by atoms with Gasteiger partial charge in [0.2, 0.25) is 5.43 Å². The van der Waals surface area contributed by atoms with Gasteiger partial charge in [0.05, 0.1) is 12.1 Å². The summed E-state index contributed by atoms with van der Waals surface area (Å²) in [5.41, 5.74) is -2.53. The molecule has 0 spiro atoms. The molecule has 2 aliphatic heterocycles. The number of fused-ring (bicyclic) bond motifs is 4. The fraction of sp³-hybridized carbons (Fsp3) is 0.409. The van der Waals surface area contributed by atoms with Crippen LogP contribution in [0, 0.1) is 17.5 Å². The quantitative estimate of drug-likeness (QED) is 0.687. The van der Waals surface area contributed by atoms with Crippen LogP contribution >= 0.6 is 0 Å². The molecule has 2 bridgehead atoms. The Balaban J connectivity index is 1.71. The Labute approximate surface area is 192 Å². The minimum Gasteiger partial charge on any atom is -0.502 e. The molecule has 3 atom stereocenters. The number of carbonyl (C=O) groups excluding carboxylic acids is 2. The van der Waals surface area contributed by atoms with Crippen molar-refractivity contribution < 1.29 is 32.6 Å². The van der Waals surface area contributed by atoms with Crippen LogP contribution in [-0.4, -0.2) is 58.5 Å². The van der Waals surface area contributed by atoms with Crippen LogP contribution in [0.5, 0.6) is 5.75 Å². The molecule has 2 amide bonds. The number of aromatic hydroxyl groups is 1. The monoisotopic (exact) mass is 480 g/mol. The van der Waals surface area contributed by atoms with Gasteiger partial charge in [-0.05, 0) is 20.3 Å². The molecule has 0 saturated carbocycles. The van der Waals surface area contributed by atoms with Gasteiger partial charge in [0.1, 0.15) is 29.7 Å². The van der Waals surface area contributed by atoms with Gasteiger partial charge in [-0.15, -0.1) is 0 Å². The third-order valence-corrected chi connectivity index (χ3v) is 6.39. The minimum absolute atomic E-state index is 0.128. The van der Waals surface area contributed by atoms with Gasteiger partial charge in [0.15, 0.2) is 11.4 Å². The van der Waals surface area contributed by atoms with Gasteiger partial charge in [0.25, 0.3) is 11.8 Å². The summed E-state index contributed by atoms with van der Waals surface area (Å²) in [6.07, 6.45) is 1.35. The van der Waals surface area contributed by atoms with E-state index in [2.05, 4.69) is 5.32 Å². The lowest BCUT2D eigenvalue weighted by molar-refractivity contribution is 0.0214.